The van der Waals surface area contributed by atoms with Crippen LogP contribution in [-0.4, -0.2) is 37.1 Å². The minimum absolute atomic E-state index is 0.0401. The molecule has 1 aromatic heterocycles. The minimum Gasteiger partial charge on any atom is -0.462 e. The molecule has 5 nitrogen and oxygen atoms in total. The molecule has 1 saturated heterocycles. The lowest BCUT2D eigenvalue weighted by atomic mass is 10.2. The van der Waals surface area contributed by atoms with E-state index in [0.717, 1.165) is 32.3 Å². The van der Waals surface area contributed by atoms with Gasteiger partial charge in [-0.05, 0) is 44.2 Å². The van der Waals surface area contributed by atoms with E-state index in [1.165, 1.54) is 12.6 Å². The highest BCUT2D eigenvalue weighted by Gasteiger charge is 2.13. The summed E-state index contributed by atoms with van der Waals surface area (Å²) in [5.74, 6) is -0.324. The van der Waals surface area contributed by atoms with E-state index in [1.54, 1.807) is 18.3 Å². The molecule has 0 N–H and O–H groups in total. The van der Waals surface area contributed by atoms with E-state index in [0.29, 0.717) is 18.8 Å². The van der Waals surface area contributed by atoms with Crippen LogP contribution in [0.3, 0.4) is 0 Å². The van der Waals surface area contributed by atoms with Crippen LogP contribution in [0.25, 0.3) is 0 Å². The topological polar surface area (TPSA) is 57.7 Å². The molecule has 20 heavy (non-hydrogen) atoms. The Morgan fingerprint density at radius 2 is 2.25 bits per heavy atom. The van der Waals surface area contributed by atoms with Gasteiger partial charge in [0.1, 0.15) is 0 Å². The van der Waals surface area contributed by atoms with Gasteiger partial charge in [-0.15, -0.1) is 0 Å². The maximum Gasteiger partial charge on any atom is 0.339 e. The molecule has 2 rings (SSSR count). The number of nitrogens with zero attached hydrogens (tertiary/aromatic N) is 1. The molecule has 1 unspecified atom stereocenters. The first-order chi connectivity index (χ1) is 9.86. The van der Waals surface area contributed by atoms with E-state index >= 15 is 0 Å². The summed E-state index contributed by atoms with van der Waals surface area (Å²) in [4.78, 5) is 15.5. The van der Waals surface area contributed by atoms with E-state index in [-0.39, 0.29) is 12.3 Å². The summed E-state index contributed by atoms with van der Waals surface area (Å²) >= 11 is 0. The molecule has 0 radical (unpaired) electrons. The number of unbranched alkanes of at least 4 members (excludes halogenated alkanes) is 1. The van der Waals surface area contributed by atoms with Crippen molar-refractivity contribution in [1.82, 2.24) is 4.98 Å². The highest BCUT2D eigenvalue weighted by atomic mass is 16.7. The number of esters is 1. The molecule has 1 atom stereocenters. The van der Waals surface area contributed by atoms with E-state index < -0.39 is 0 Å². The van der Waals surface area contributed by atoms with Crippen molar-refractivity contribution in [3.8, 4) is 0 Å². The molecular weight excluding hydrogens is 258 g/mol. The molecule has 5 heteroatoms. The van der Waals surface area contributed by atoms with Crippen molar-refractivity contribution in [2.45, 2.75) is 38.4 Å². The Morgan fingerprint density at radius 1 is 1.35 bits per heavy atom. The number of hydrogen-bond donors (Lipinski definition) is 0. The van der Waals surface area contributed by atoms with Crippen LogP contribution in [0.2, 0.25) is 0 Å². The quantitative estimate of drug-likeness (QED) is 0.567. The Morgan fingerprint density at radius 3 is 3.00 bits per heavy atom. The van der Waals surface area contributed by atoms with Gasteiger partial charge < -0.3 is 14.2 Å². The van der Waals surface area contributed by atoms with Gasteiger partial charge in [-0.2, -0.15) is 0 Å². The third-order valence-electron chi connectivity index (χ3n) is 3.11. The summed E-state index contributed by atoms with van der Waals surface area (Å²) in [6, 6.07) is 3.41. The van der Waals surface area contributed by atoms with E-state index in [4.69, 9.17) is 14.2 Å². The average Bonchev–Trinajstić information content (AvgIpc) is 2.52. The van der Waals surface area contributed by atoms with E-state index in [2.05, 4.69) is 4.98 Å². The number of ether oxygens (including phenoxy) is 3. The highest BCUT2D eigenvalue weighted by molar-refractivity contribution is 5.88. The van der Waals surface area contributed by atoms with Gasteiger partial charge in [0.05, 0.1) is 12.2 Å². The second-order valence-electron chi connectivity index (χ2n) is 4.75. The average molecular weight is 279 g/mol. The Balaban J connectivity index is 1.50. The van der Waals surface area contributed by atoms with Crippen LogP contribution in [-0.2, 0) is 14.2 Å². The monoisotopic (exact) mass is 279 g/mol. The summed E-state index contributed by atoms with van der Waals surface area (Å²) in [7, 11) is 0. The van der Waals surface area contributed by atoms with E-state index in [1.807, 2.05) is 0 Å². The van der Waals surface area contributed by atoms with Gasteiger partial charge in [0, 0.05) is 25.6 Å². The molecule has 0 saturated carbocycles. The fourth-order valence-corrected chi connectivity index (χ4v) is 1.99. The van der Waals surface area contributed by atoms with Crippen LogP contribution in [0.1, 0.15) is 42.5 Å². The Bertz CT molecular complexity index is 390. The summed E-state index contributed by atoms with van der Waals surface area (Å²) in [5, 5.41) is 0. The molecule has 2 heterocycles. The van der Waals surface area contributed by atoms with Crippen molar-refractivity contribution < 1.29 is 19.0 Å². The zero-order chi connectivity index (χ0) is 14.0. The van der Waals surface area contributed by atoms with Crippen molar-refractivity contribution in [2.24, 2.45) is 0 Å². The van der Waals surface area contributed by atoms with Gasteiger partial charge in [-0.3, -0.25) is 4.98 Å². The van der Waals surface area contributed by atoms with Gasteiger partial charge in [0.25, 0.3) is 0 Å². The lowest BCUT2D eigenvalue weighted by molar-refractivity contribution is -0.163. The SMILES string of the molecule is O=C(OCCCCOC1CCCCO1)c1cccnc1. The van der Waals surface area contributed by atoms with Crippen LogP contribution < -0.4 is 0 Å². The molecule has 1 fully saturated rings. The first-order valence-electron chi connectivity index (χ1n) is 7.16. The molecule has 0 aromatic carbocycles. The fourth-order valence-electron chi connectivity index (χ4n) is 1.99. The maximum atomic E-state index is 11.6. The number of carbonyl (C=O) groups is 1. The number of rotatable bonds is 7. The zero-order valence-corrected chi connectivity index (χ0v) is 11.6. The van der Waals surface area contributed by atoms with Crippen LogP contribution in [0.4, 0.5) is 0 Å². The maximum absolute atomic E-state index is 11.6. The number of hydrogen-bond acceptors (Lipinski definition) is 5. The molecule has 0 spiro atoms. The number of aromatic nitrogens is 1. The molecule has 0 amide bonds. The predicted octanol–water partition coefficient (Wildman–Crippen LogP) is 2.56. The smallest absolute Gasteiger partial charge is 0.339 e. The van der Waals surface area contributed by atoms with Gasteiger partial charge in [-0.1, -0.05) is 0 Å². The first-order valence-corrected chi connectivity index (χ1v) is 7.16. The third kappa shape index (κ3) is 5.27. The molecule has 0 bridgehead atoms. The predicted molar refractivity (Wildman–Crippen MR) is 73.3 cm³/mol. The lowest BCUT2D eigenvalue weighted by Gasteiger charge is -2.22. The number of pyridine rings is 1. The fraction of sp³-hybridized carbons (Fsp3) is 0.600. The van der Waals surface area contributed by atoms with Crippen LogP contribution >= 0.6 is 0 Å². The van der Waals surface area contributed by atoms with Crippen LogP contribution in [0, 0.1) is 0 Å². The lowest BCUT2D eigenvalue weighted by Crippen LogP contribution is -2.22. The minimum atomic E-state index is -0.324. The second kappa shape index (κ2) is 8.66. The zero-order valence-electron chi connectivity index (χ0n) is 11.6. The molecule has 1 aromatic rings. The van der Waals surface area contributed by atoms with Gasteiger partial charge in [0.2, 0.25) is 0 Å². The largest absolute Gasteiger partial charge is 0.462 e. The van der Waals surface area contributed by atoms with Crippen molar-refractivity contribution in [1.29, 1.82) is 0 Å². The molecule has 1 aliphatic rings. The molecule has 0 aliphatic carbocycles. The normalized spacial score (nSPS) is 18.7. The summed E-state index contributed by atoms with van der Waals surface area (Å²) < 4.78 is 16.2. The van der Waals surface area contributed by atoms with Gasteiger partial charge >= 0.3 is 5.97 Å². The van der Waals surface area contributed by atoms with Gasteiger partial charge in [-0.25, -0.2) is 4.79 Å². The molecule has 1 aliphatic heterocycles. The van der Waals surface area contributed by atoms with Crippen molar-refractivity contribution in [2.75, 3.05) is 19.8 Å². The van der Waals surface area contributed by atoms with E-state index in [9.17, 15) is 4.79 Å². The number of carbonyl (C=O) groups excluding carboxylic acids is 1. The highest BCUT2D eigenvalue weighted by Crippen LogP contribution is 2.13. The van der Waals surface area contributed by atoms with Crippen LogP contribution in [0.15, 0.2) is 24.5 Å². The first kappa shape index (κ1) is 14.9. The Hall–Kier alpha value is -1.46. The van der Waals surface area contributed by atoms with Crippen molar-refractivity contribution in [3.05, 3.63) is 30.1 Å². The van der Waals surface area contributed by atoms with Crippen molar-refractivity contribution in [3.63, 3.8) is 0 Å². The summed E-state index contributed by atoms with van der Waals surface area (Å²) in [6.45, 7) is 1.85. The van der Waals surface area contributed by atoms with Crippen LogP contribution in [0.5, 0.6) is 0 Å². The van der Waals surface area contributed by atoms with Crippen molar-refractivity contribution >= 4 is 5.97 Å². The Kier molecular flexibility index (Phi) is 6.47. The van der Waals surface area contributed by atoms with Gasteiger partial charge in [0.15, 0.2) is 6.29 Å². The molecular formula is C15H21NO4. The summed E-state index contributed by atoms with van der Waals surface area (Å²) in [6.07, 6.45) is 8.03. The molecule has 110 valence electrons. The third-order valence-corrected chi connectivity index (χ3v) is 3.11. The second-order valence-corrected chi connectivity index (χ2v) is 4.75. The summed E-state index contributed by atoms with van der Waals surface area (Å²) in [5.41, 5.74) is 0.486. The standard InChI is InChI=1S/C15H21NO4/c17-15(13-6-5-8-16-12-13)20-11-4-3-10-19-14-7-1-2-9-18-14/h5-6,8,12,14H,1-4,7,9-11H2. The Labute approximate surface area is 119 Å².